The number of piperidine rings is 2. The first-order chi connectivity index (χ1) is 24.2. The van der Waals surface area contributed by atoms with Crippen LogP contribution in [0.1, 0.15) is 76.8 Å². The number of benzene rings is 2. The van der Waals surface area contributed by atoms with Crippen molar-refractivity contribution in [2.24, 2.45) is 13.0 Å². The lowest BCUT2D eigenvalue weighted by Gasteiger charge is -2.34. The Morgan fingerprint density at radius 1 is 1.02 bits per heavy atom. The summed E-state index contributed by atoms with van der Waals surface area (Å²) in [5.41, 5.74) is 2.66. The van der Waals surface area contributed by atoms with Gasteiger partial charge in [0.25, 0.3) is 0 Å². The molecule has 6 rings (SSSR count). The van der Waals surface area contributed by atoms with Crippen LogP contribution in [0, 0.1) is 5.92 Å². The number of aryl methyl sites for hydroxylation is 1. The fraction of sp³-hybridized carbons (Fsp3) is 0.568. The summed E-state index contributed by atoms with van der Waals surface area (Å²) in [7, 11) is -1.76. The van der Waals surface area contributed by atoms with E-state index in [1.54, 1.807) is 6.07 Å². The average Bonchev–Trinajstić information content (AvgIpc) is 3.39. The molecule has 2 aromatic carbocycles. The molecule has 3 aliphatic rings. The van der Waals surface area contributed by atoms with E-state index in [1.807, 2.05) is 56.8 Å². The quantitative estimate of drug-likeness (QED) is 0.322. The lowest BCUT2D eigenvalue weighted by molar-refractivity contribution is -0.120. The normalized spacial score (nSPS) is 19.7. The standard InChI is InChI=1S/C37H51N7O6S/c1-25(21-26-7-6-8-30(22-26)51(48,49)43-18-13-29(14-19-43)38-36(47)50-37(2,3)4)24-42-16-11-27(12-17-42)28-9-10-31-32(23-28)41(5)40-34(31)44-20-15-33(45)39-35(44)46/h6-10,22-23,25,27,29H,11-21,24H2,1-5H3,(H,38,47)(H,39,45,46). The first-order valence-corrected chi connectivity index (χ1v) is 19.5. The van der Waals surface area contributed by atoms with Crippen LogP contribution in [0.15, 0.2) is 47.4 Å². The summed E-state index contributed by atoms with van der Waals surface area (Å²) in [4.78, 5) is 40.6. The highest BCUT2D eigenvalue weighted by atomic mass is 32.2. The van der Waals surface area contributed by atoms with Gasteiger partial charge in [0.15, 0.2) is 5.82 Å². The number of nitrogens with zero attached hydrogens (tertiary/aromatic N) is 5. The average molecular weight is 722 g/mol. The van der Waals surface area contributed by atoms with Crippen molar-refractivity contribution in [2.45, 2.75) is 88.7 Å². The number of ether oxygens (including phenoxy) is 1. The topological polar surface area (TPSA) is 146 Å². The first-order valence-electron chi connectivity index (χ1n) is 18.1. The Bertz CT molecular complexity index is 1870. The SMILES string of the molecule is CC(Cc1cccc(S(=O)(=O)N2CCC(NC(=O)OC(C)(C)C)CC2)c1)CN1CCC(c2ccc3c(N4CCC(=O)NC4=O)nn(C)c3c2)CC1. The van der Waals surface area contributed by atoms with Gasteiger partial charge in [0.1, 0.15) is 5.60 Å². The highest BCUT2D eigenvalue weighted by Gasteiger charge is 2.32. The van der Waals surface area contributed by atoms with E-state index in [2.05, 4.69) is 39.7 Å². The molecule has 1 aromatic heterocycles. The maximum Gasteiger partial charge on any atom is 0.407 e. The molecular weight excluding hydrogens is 671 g/mol. The molecule has 13 nitrogen and oxygen atoms in total. The van der Waals surface area contributed by atoms with E-state index in [0.29, 0.717) is 55.0 Å². The Balaban J connectivity index is 0.993. The molecule has 51 heavy (non-hydrogen) atoms. The van der Waals surface area contributed by atoms with E-state index < -0.39 is 27.7 Å². The van der Waals surface area contributed by atoms with Crippen LogP contribution >= 0.6 is 0 Å². The number of hydrogen-bond acceptors (Lipinski definition) is 8. The minimum absolute atomic E-state index is 0.119. The summed E-state index contributed by atoms with van der Waals surface area (Å²) in [6.07, 6.45) is 3.72. The summed E-state index contributed by atoms with van der Waals surface area (Å²) in [6.45, 7) is 11.6. The largest absolute Gasteiger partial charge is 0.444 e. The van der Waals surface area contributed by atoms with Crippen molar-refractivity contribution in [3.05, 3.63) is 53.6 Å². The zero-order valence-electron chi connectivity index (χ0n) is 30.4. The lowest BCUT2D eigenvalue weighted by atomic mass is 9.88. The summed E-state index contributed by atoms with van der Waals surface area (Å²) in [5.74, 6) is 1.08. The fourth-order valence-electron chi connectivity index (χ4n) is 7.53. The molecule has 4 heterocycles. The minimum Gasteiger partial charge on any atom is -0.444 e. The monoisotopic (exact) mass is 721 g/mol. The number of rotatable bonds is 9. The van der Waals surface area contributed by atoms with Gasteiger partial charge in [-0.3, -0.25) is 19.7 Å². The summed E-state index contributed by atoms with van der Waals surface area (Å²) in [6, 6.07) is 13.2. The van der Waals surface area contributed by atoms with E-state index in [1.165, 1.54) is 14.8 Å². The predicted molar refractivity (Wildman–Crippen MR) is 195 cm³/mol. The third kappa shape index (κ3) is 8.73. The van der Waals surface area contributed by atoms with Crippen molar-refractivity contribution in [1.29, 1.82) is 0 Å². The molecule has 3 fully saturated rings. The molecule has 3 saturated heterocycles. The molecule has 1 unspecified atom stereocenters. The van der Waals surface area contributed by atoms with Crippen molar-refractivity contribution >= 4 is 44.8 Å². The number of fused-ring (bicyclic) bond motifs is 1. The molecule has 4 amide bonds. The number of anilines is 1. The van der Waals surface area contributed by atoms with Crippen molar-refractivity contribution in [1.82, 2.24) is 29.6 Å². The summed E-state index contributed by atoms with van der Waals surface area (Å²) in [5, 5.41) is 10.8. The molecule has 1 atom stereocenters. The third-order valence-electron chi connectivity index (χ3n) is 10.1. The molecule has 2 N–H and O–H groups in total. The van der Waals surface area contributed by atoms with Gasteiger partial charge in [-0.1, -0.05) is 25.1 Å². The van der Waals surface area contributed by atoms with Crippen LogP contribution in [0.3, 0.4) is 0 Å². The summed E-state index contributed by atoms with van der Waals surface area (Å²) < 4.78 is 35.8. The van der Waals surface area contributed by atoms with E-state index in [-0.39, 0.29) is 18.4 Å². The predicted octanol–water partition coefficient (Wildman–Crippen LogP) is 4.76. The number of alkyl carbamates (subject to hydrolysis) is 1. The molecule has 0 spiro atoms. The molecule has 0 aliphatic carbocycles. The van der Waals surface area contributed by atoms with E-state index in [4.69, 9.17) is 4.74 Å². The molecule has 3 aliphatic heterocycles. The number of nitrogens with one attached hydrogen (secondary N) is 2. The Morgan fingerprint density at radius 3 is 2.43 bits per heavy atom. The van der Waals surface area contributed by atoms with Gasteiger partial charge in [-0.2, -0.15) is 9.40 Å². The number of likely N-dealkylation sites (tertiary alicyclic amines) is 1. The second-order valence-electron chi connectivity index (χ2n) is 15.3. The van der Waals surface area contributed by atoms with Crippen molar-refractivity contribution in [3.63, 3.8) is 0 Å². The first kappa shape index (κ1) is 36.8. The van der Waals surface area contributed by atoms with Gasteiger partial charge in [0, 0.05) is 51.1 Å². The Hall–Kier alpha value is -4.01. The highest BCUT2D eigenvalue weighted by Crippen LogP contribution is 2.34. The van der Waals surface area contributed by atoms with E-state index in [0.717, 1.165) is 55.4 Å². The number of amides is 4. The van der Waals surface area contributed by atoms with Gasteiger partial charge in [0.05, 0.1) is 10.4 Å². The van der Waals surface area contributed by atoms with Gasteiger partial charge in [-0.15, -0.1) is 0 Å². The van der Waals surface area contributed by atoms with Crippen LogP contribution < -0.4 is 15.5 Å². The van der Waals surface area contributed by atoms with Crippen LogP contribution in [-0.4, -0.2) is 96.3 Å². The molecule has 276 valence electrons. The Labute approximate surface area is 300 Å². The molecule has 14 heteroatoms. The van der Waals surface area contributed by atoms with Gasteiger partial charge < -0.3 is 15.0 Å². The van der Waals surface area contributed by atoms with Crippen LogP contribution in [0.2, 0.25) is 0 Å². The number of aromatic nitrogens is 2. The second-order valence-corrected chi connectivity index (χ2v) is 17.3. The van der Waals surface area contributed by atoms with Gasteiger partial charge in [-0.05, 0) is 113 Å². The van der Waals surface area contributed by atoms with E-state index in [9.17, 15) is 22.8 Å². The number of carbonyl (C=O) groups excluding carboxylic acids is 3. The minimum atomic E-state index is -3.65. The Kier molecular flexibility index (Phi) is 10.8. The number of imide groups is 1. The number of sulfonamides is 1. The molecule has 0 saturated carbocycles. The molecular formula is C37H51N7O6S. The van der Waals surface area contributed by atoms with Crippen LogP contribution in [0.25, 0.3) is 10.9 Å². The van der Waals surface area contributed by atoms with Crippen LogP contribution in [0.5, 0.6) is 0 Å². The summed E-state index contributed by atoms with van der Waals surface area (Å²) >= 11 is 0. The molecule has 3 aromatic rings. The number of urea groups is 1. The smallest absolute Gasteiger partial charge is 0.407 e. The van der Waals surface area contributed by atoms with Crippen molar-refractivity contribution in [3.8, 4) is 0 Å². The zero-order chi connectivity index (χ0) is 36.5. The third-order valence-corrected chi connectivity index (χ3v) is 12.0. The van der Waals surface area contributed by atoms with E-state index >= 15 is 0 Å². The number of hydrogen-bond donors (Lipinski definition) is 2. The van der Waals surface area contributed by atoms with Crippen LogP contribution in [-0.2, 0) is 33.0 Å². The second kappa shape index (κ2) is 14.9. The van der Waals surface area contributed by atoms with Gasteiger partial charge in [0.2, 0.25) is 15.9 Å². The highest BCUT2D eigenvalue weighted by molar-refractivity contribution is 7.89. The fourth-order valence-corrected chi connectivity index (χ4v) is 9.07. The lowest BCUT2D eigenvalue weighted by Crippen LogP contribution is -2.49. The van der Waals surface area contributed by atoms with Gasteiger partial charge in [-0.25, -0.2) is 18.0 Å². The zero-order valence-corrected chi connectivity index (χ0v) is 31.2. The number of carbonyl (C=O) groups is 3. The molecule has 0 radical (unpaired) electrons. The van der Waals surface area contributed by atoms with Crippen molar-refractivity contribution < 1.29 is 27.5 Å². The van der Waals surface area contributed by atoms with Gasteiger partial charge >= 0.3 is 12.1 Å². The molecule has 0 bridgehead atoms. The Morgan fingerprint density at radius 2 is 1.75 bits per heavy atom. The maximum absolute atomic E-state index is 13.6. The van der Waals surface area contributed by atoms with Crippen LogP contribution in [0.4, 0.5) is 15.4 Å². The maximum atomic E-state index is 13.6. The van der Waals surface area contributed by atoms with Crippen molar-refractivity contribution in [2.75, 3.05) is 44.2 Å².